The van der Waals surface area contributed by atoms with Crippen LogP contribution < -0.4 is 5.32 Å². The van der Waals surface area contributed by atoms with E-state index >= 15 is 0 Å². The maximum Gasteiger partial charge on any atom is 0.215 e. The molecule has 2 rings (SSSR count). The lowest BCUT2D eigenvalue weighted by atomic mass is 10.1. The highest BCUT2D eigenvalue weighted by Gasteiger charge is 2.39. The Balaban J connectivity index is 2.05. The lowest BCUT2D eigenvalue weighted by Gasteiger charge is -2.41. The summed E-state index contributed by atoms with van der Waals surface area (Å²) in [5.74, 6) is 0.140. The summed E-state index contributed by atoms with van der Waals surface area (Å²) in [4.78, 5) is 0. The van der Waals surface area contributed by atoms with Crippen molar-refractivity contribution in [1.82, 2.24) is 9.62 Å². The third-order valence-corrected chi connectivity index (χ3v) is 5.51. The Bertz CT molecular complexity index is 404. The van der Waals surface area contributed by atoms with Gasteiger partial charge in [-0.3, -0.25) is 0 Å². The van der Waals surface area contributed by atoms with E-state index in [9.17, 15) is 13.5 Å². The Kier molecular flexibility index (Phi) is 4.52. The molecule has 0 aromatic rings. The summed E-state index contributed by atoms with van der Waals surface area (Å²) < 4.78 is 32.0. The van der Waals surface area contributed by atoms with Gasteiger partial charge in [0.1, 0.15) is 0 Å². The molecule has 2 saturated heterocycles. The molecule has 0 bridgehead atoms. The summed E-state index contributed by atoms with van der Waals surface area (Å²) in [6.07, 6.45) is 1.51. The molecule has 0 saturated carbocycles. The van der Waals surface area contributed by atoms with Crippen LogP contribution >= 0.6 is 0 Å². The van der Waals surface area contributed by atoms with Crippen molar-refractivity contribution in [1.29, 1.82) is 0 Å². The molecule has 2 N–H and O–H groups in total. The van der Waals surface area contributed by atoms with E-state index in [1.807, 2.05) is 13.8 Å². The zero-order chi connectivity index (χ0) is 14.1. The van der Waals surface area contributed by atoms with Gasteiger partial charge in [0.15, 0.2) is 0 Å². The van der Waals surface area contributed by atoms with Crippen molar-refractivity contribution in [2.24, 2.45) is 0 Å². The number of aliphatic hydroxyl groups is 1. The van der Waals surface area contributed by atoms with E-state index in [1.165, 1.54) is 4.31 Å². The SMILES string of the molecule is CC1(C)CN(S(=O)(=O)CC2CCCN2)CC(CO)O1. The van der Waals surface area contributed by atoms with Crippen LogP contribution in [0.4, 0.5) is 0 Å². The molecule has 0 aliphatic carbocycles. The van der Waals surface area contributed by atoms with E-state index in [0.717, 1.165) is 19.4 Å². The molecule has 7 heteroatoms. The number of nitrogens with zero attached hydrogens (tertiary/aromatic N) is 1. The average molecular weight is 292 g/mol. The highest BCUT2D eigenvalue weighted by molar-refractivity contribution is 7.89. The Hall–Kier alpha value is -0.210. The summed E-state index contributed by atoms with van der Waals surface area (Å²) in [6.45, 7) is 5.04. The lowest BCUT2D eigenvalue weighted by molar-refractivity contribution is -0.131. The summed E-state index contributed by atoms with van der Waals surface area (Å²) in [5, 5.41) is 12.4. The second-order valence-electron chi connectivity index (χ2n) is 6.05. The normalized spacial score (nSPS) is 32.6. The van der Waals surface area contributed by atoms with Crippen LogP contribution in [0.5, 0.6) is 0 Å². The molecular formula is C12H24N2O4S. The van der Waals surface area contributed by atoms with Crippen LogP contribution in [0, 0.1) is 0 Å². The van der Waals surface area contributed by atoms with Crippen molar-refractivity contribution in [2.75, 3.05) is 32.0 Å². The molecule has 0 aromatic carbocycles. The molecule has 2 heterocycles. The van der Waals surface area contributed by atoms with Crippen LogP contribution in [-0.2, 0) is 14.8 Å². The van der Waals surface area contributed by atoms with E-state index in [1.54, 1.807) is 0 Å². The van der Waals surface area contributed by atoms with Gasteiger partial charge in [-0.2, -0.15) is 4.31 Å². The van der Waals surface area contributed by atoms with E-state index in [-0.39, 0.29) is 24.9 Å². The molecule has 2 atom stereocenters. The first-order valence-corrected chi connectivity index (χ1v) is 8.43. The number of hydrogen-bond acceptors (Lipinski definition) is 5. The molecule has 6 nitrogen and oxygen atoms in total. The first kappa shape index (κ1) is 15.2. The van der Waals surface area contributed by atoms with Crippen molar-refractivity contribution in [3.63, 3.8) is 0 Å². The predicted molar refractivity (Wildman–Crippen MR) is 72.4 cm³/mol. The molecule has 2 aliphatic rings. The van der Waals surface area contributed by atoms with Gasteiger partial charge >= 0.3 is 0 Å². The van der Waals surface area contributed by atoms with Crippen molar-refractivity contribution in [3.05, 3.63) is 0 Å². The molecular weight excluding hydrogens is 268 g/mol. The van der Waals surface area contributed by atoms with Crippen LogP contribution in [0.1, 0.15) is 26.7 Å². The Morgan fingerprint density at radius 2 is 2.21 bits per heavy atom. The van der Waals surface area contributed by atoms with Gasteiger partial charge in [-0.1, -0.05) is 0 Å². The number of aliphatic hydroxyl groups excluding tert-OH is 1. The zero-order valence-electron chi connectivity index (χ0n) is 11.6. The maximum absolute atomic E-state index is 12.4. The van der Waals surface area contributed by atoms with Gasteiger partial charge in [0, 0.05) is 19.1 Å². The molecule has 0 spiro atoms. The minimum atomic E-state index is -3.30. The Morgan fingerprint density at radius 3 is 2.79 bits per heavy atom. The molecule has 0 radical (unpaired) electrons. The molecule has 19 heavy (non-hydrogen) atoms. The lowest BCUT2D eigenvalue weighted by Crippen LogP contribution is -2.56. The van der Waals surface area contributed by atoms with E-state index in [0.29, 0.717) is 6.54 Å². The second kappa shape index (κ2) is 5.65. The monoisotopic (exact) mass is 292 g/mol. The quantitative estimate of drug-likeness (QED) is 0.733. The zero-order valence-corrected chi connectivity index (χ0v) is 12.4. The second-order valence-corrected chi connectivity index (χ2v) is 8.06. The minimum absolute atomic E-state index is 0.0588. The number of sulfonamides is 1. The minimum Gasteiger partial charge on any atom is -0.394 e. The number of morpholine rings is 1. The van der Waals surface area contributed by atoms with Crippen LogP contribution in [0.3, 0.4) is 0 Å². The van der Waals surface area contributed by atoms with Crippen molar-refractivity contribution in [2.45, 2.75) is 44.4 Å². The Labute approximate surface area is 115 Å². The highest BCUT2D eigenvalue weighted by atomic mass is 32.2. The number of ether oxygens (including phenoxy) is 1. The third-order valence-electron chi connectivity index (χ3n) is 3.62. The standard InChI is InChI=1S/C12H24N2O4S/c1-12(2)9-14(6-11(7-15)18-12)19(16,17)8-10-4-3-5-13-10/h10-11,13,15H,3-9H2,1-2H3. The first-order valence-electron chi connectivity index (χ1n) is 6.82. The molecule has 2 aliphatic heterocycles. The van der Waals surface area contributed by atoms with Crippen LogP contribution in [-0.4, -0.2) is 67.6 Å². The van der Waals surface area contributed by atoms with Gasteiger partial charge in [-0.05, 0) is 33.2 Å². The number of nitrogens with one attached hydrogen (secondary N) is 1. The molecule has 0 aromatic heterocycles. The molecule has 2 unspecified atom stereocenters. The van der Waals surface area contributed by atoms with Crippen molar-refractivity contribution < 1.29 is 18.3 Å². The summed E-state index contributed by atoms with van der Waals surface area (Å²) in [7, 11) is -3.30. The van der Waals surface area contributed by atoms with Crippen LogP contribution in [0.2, 0.25) is 0 Å². The summed E-state index contributed by atoms with van der Waals surface area (Å²) in [6, 6.07) is 0.0588. The maximum atomic E-state index is 12.4. The predicted octanol–water partition coefficient (Wildman–Crippen LogP) is -0.460. The fourth-order valence-electron chi connectivity index (χ4n) is 2.81. The summed E-state index contributed by atoms with van der Waals surface area (Å²) >= 11 is 0. The van der Waals surface area contributed by atoms with Gasteiger partial charge in [0.25, 0.3) is 0 Å². The van der Waals surface area contributed by atoms with E-state index < -0.39 is 21.7 Å². The van der Waals surface area contributed by atoms with Crippen LogP contribution in [0.25, 0.3) is 0 Å². The molecule has 112 valence electrons. The first-order chi connectivity index (χ1) is 8.82. The Morgan fingerprint density at radius 1 is 1.47 bits per heavy atom. The number of hydrogen-bond donors (Lipinski definition) is 2. The van der Waals surface area contributed by atoms with Gasteiger partial charge in [-0.25, -0.2) is 8.42 Å². The van der Waals surface area contributed by atoms with Gasteiger partial charge < -0.3 is 15.2 Å². The van der Waals surface area contributed by atoms with Gasteiger partial charge in [0.05, 0.1) is 24.1 Å². The van der Waals surface area contributed by atoms with E-state index in [2.05, 4.69) is 5.32 Å². The van der Waals surface area contributed by atoms with E-state index in [4.69, 9.17) is 4.74 Å². The largest absolute Gasteiger partial charge is 0.394 e. The average Bonchev–Trinajstić information content (AvgIpc) is 2.78. The van der Waals surface area contributed by atoms with Gasteiger partial charge in [-0.15, -0.1) is 0 Å². The fourth-order valence-corrected chi connectivity index (χ4v) is 4.71. The number of rotatable bonds is 4. The highest BCUT2D eigenvalue weighted by Crippen LogP contribution is 2.24. The molecule has 0 amide bonds. The third kappa shape index (κ3) is 3.88. The summed E-state index contributed by atoms with van der Waals surface area (Å²) in [5.41, 5.74) is -0.554. The van der Waals surface area contributed by atoms with Crippen LogP contribution in [0.15, 0.2) is 0 Å². The topological polar surface area (TPSA) is 78.9 Å². The smallest absolute Gasteiger partial charge is 0.215 e. The van der Waals surface area contributed by atoms with Crippen molar-refractivity contribution in [3.8, 4) is 0 Å². The van der Waals surface area contributed by atoms with Gasteiger partial charge in [0.2, 0.25) is 10.0 Å². The fraction of sp³-hybridized carbons (Fsp3) is 1.00. The van der Waals surface area contributed by atoms with Crippen molar-refractivity contribution >= 4 is 10.0 Å². The molecule has 2 fully saturated rings.